The van der Waals surface area contributed by atoms with E-state index in [4.69, 9.17) is 9.98 Å². The average molecular weight is 523 g/mol. The number of anilines is 1. The molecule has 1 N–H and O–H groups in total. The smallest absolute Gasteiger partial charge is 0.234 e. The predicted octanol–water partition coefficient (Wildman–Crippen LogP) is 6.22. The van der Waals surface area contributed by atoms with E-state index in [1.807, 2.05) is 56.3 Å². The normalized spacial score (nSPS) is 18.6. The highest BCUT2D eigenvalue weighted by Gasteiger charge is 2.31. The van der Waals surface area contributed by atoms with Gasteiger partial charge in [0.05, 0.1) is 11.5 Å². The molecule has 1 atom stereocenters. The van der Waals surface area contributed by atoms with Crippen molar-refractivity contribution < 1.29 is 4.79 Å². The van der Waals surface area contributed by atoms with Gasteiger partial charge in [-0.3, -0.25) is 9.79 Å². The van der Waals surface area contributed by atoms with Crippen LogP contribution in [0, 0.1) is 6.92 Å². The van der Waals surface area contributed by atoms with Crippen LogP contribution in [-0.4, -0.2) is 28.1 Å². The van der Waals surface area contributed by atoms with Crippen LogP contribution in [0.2, 0.25) is 0 Å². The molecule has 1 aliphatic rings. The van der Waals surface area contributed by atoms with E-state index in [1.54, 1.807) is 0 Å². The first kappa shape index (κ1) is 21.3. The van der Waals surface area contributed by atoms with Crippen molar-refractivity contribution >= 4 is 66.0 Å². The molecule has 0 bridgehead atoms. The summed E-state index contributed by atoms with van der Waals surface area (Å²) in [6.07, 6.45) is 0.807. The molecule has 0 radical (unpaired) electrons. The Kier molecular flexibility index (Phi) is 6.78. The minimum Gasteiger partial charge on any atom is -0.325 e. The van der Waals surface area contributed by atoms with Crippen LogP contribution in [0.15, 0.2) is 61.4 Å². The Morgan fingerprint density at radius 1 is 1.14 bits per heavy atom. The van der Waals surface area contributed by atoms with Gasteiger partial charge in [0, 0.05) is 20.2 Å². The van der Waals surface area contributed by atoms with Gasteiger partial charge < -0.3 is 5.32 Å². The summed E-state index contributed by atoms with van der Waals surface area (Å²) in [4.78, 5) is 22.1. The number of hydrogen-bond acceptors (Lipinski definition) is 4. The first-order valence-corrected chi connectivity index (χ1v) is 11.5. The van der Waals surface area contributed by atoms with Crippen molar-refractivity contribution in [1.29, 1.82) is 0 Å². The maximum atomic E-state index is 12.4. The van der Waals surface area contributed by atoms with Gasteiger partial charge >= 0.3 is 0 Å². The van der Waals surface area contributed by atoms with Crippen LogP contribution in [-0.2, 0) is 4.79 Å². The third-order valence-corrected chi connectivity index (χ3v) is 6.85. The van der Waals surface area contributed by atoms with E-state index in [0.29, 0.717) is 0 Å². The van der Waals surface area contributed by atoms with Gasteiger partial charge in [-0.2, -0.15) is 0 Å². The van der Waals surface area contributed by atoms with E-state index < -0.39 is 5.66 Å². The molecule has 1 aliphatic heterocycles. The maximum absolute atomic E-state index is 12.4. The van der Waals surface area contributed by atoms with Gasteiger partial charge in [-0.15, -0.1) is 0 Å². The number of rotatable bonds is 5. The van der Waals surface area contributed by atoms with E-state index >= 15 is 0 Å². The van der Waals surface area contributed by atoms with Crippen LogP contribution in [0.1, 0.15) is 31.4 Å². The number of nitrogens with zero attached hydrogens (tertiary/aromatic N) is 2. The number of halogens is 2. The van der Waals surface area contributed by atoms with Gasteiger partial charge in [0.15, 0.2) is 0 Å². The number of nitrogens with one attached hydrogen (secondary N) is 1. The minimum atomic E-state index is -0.468. The van der Waals surface area contributed by atoms with Crippen LogP contribution in [0.5, 0.6) is 0 Å². The number of amides is 1. The van der Waals surface area contributed by atoms with Gasteiger partial charge in [-0.05, 0) is 56.2 Å². The lowest BCUT2D eigenvalue weighted by atomic mass is 10.1. The fourth-order valence-electron chi connectivity index (χ4n) is 2.69. The summed E-state index contributed by atoms with van der Waals surface area (Å²) in [5, 5.41) is 3.76. The van der Waals surface area contributed by atoms with Gasteiger partial charge in [0.1, 0.15) is 10.7 Å². The summed E-state index contributed by atoms with van der Waals surface area (Å²) in [6, 6.07) is 13.8. The molecule has 0 saturated carbocycles. The van der Waals surface area contributed by atoms with Crippen molar-refractivity contribution in [1.82, 2.24) is 0 Å². The predicted molar refractivity (Wildman–Crippen MR) is 127 cm³/mol. The third-order valence-electron chi connectivity index (χ3n) is 4.47. The van der Waals surface area contributed by atoms with Crippen LogP contribution in [0.3, 0.4) is 0 Å². The van der Waals surface area contributed by atoms with E-state index in [9.17, 15) is 4.79 Å². The number of benzene rings is 2. The Morgan fingerprint density at radius 2 is 1.86 bits per heavy atom. The summed E-state index contributed by atoms with van der Waals surface area (Å²) in [5.74, 6) is 0.221. The molecule has 0 aliphatic carbocycles. The lowest BCUT2D eigenvalue weighted by molar-refractivity contribution is -0.113. The average Bonchev–Trinajstić information content (AvgIpc) is 3.01. The molecule has 4 nitrogen and oxygen atoms in total. The molecule has 146 valence electrons. The fraction of sp³-hybridized carbons (Fsp3) is 0.286. The Bertz CT molecular complexity index is 957. The van der Waals surface area contributed by atoms with Crippen LogP contribution < -0.4 is 5.32 Å². The Hall–Kier alpha value is -1.44. The monoisotopic (exact) mass is 521 g/mol. The summed E-state index contributed by atoms with van der Waals surface area (Å²) >= 11 is 8.37. The highest BCUT2D eigenvalue weighted by atomic mass is 79.9. The largest absolute Gasteiger partial charge is 0.325 e. The standard InChI is InChI=1S/C21H21Br2N3OS/c1-4-21(3)25-19(14-5-7-15(22)8-6-14)20(26-21)28-12-18(27)24-16-9-10-17(23)13(2)11-16/h5-11H,4,12H2,1-3H3,(H,24,27). The zero-order chi connectivity index (χ0) is 20.3. The van der Waals surface area contributed by atoms with Gasteiger partial charge in [-0.1, -0.05) is 62.7 Å². The molecule has 2 aromatic rings. The van der Waals surface area contributed by atoms with Crippen molar-refractivity contribution in [3.8, 4) is 0 Å². The first-order chi connectivity index (χ1) is 13.3. The number of carbonyl (C=O) groups excluding carboxylic acids is 1. The Balaban J connectivity index is 1.71. The highest BCUT2D eigenvalue weighted by Crippen LogP contribution is 2.30. The number of carbonyl (C=O) groups is 1. The molecular formula is C21H21Br2N3OS. The molecule has 0 spiro atoms. The molecule has 28 heavy (non-hydrogen) atoms. The first-order valence-electron chi connectivity index (χ1n) is 8.94. The molecule has 1 unspecified atom stereocenters. The van der Waals surface area contributed by atoms with E-state index in [2.05, 4.69) is 44.1 Å². The van der Waals surface area contributed by atoms with E-state index in [0.717, 1.165) is 42.9 Å². The van der Waals surface area contributed by atoms with Gasteiger partial charge in [0.2, 0.25) is 5.91 Å². The summed E-state index contributed by atoms with van der Waals surface area (Å²) in [6.45, 7) is 6.08. The second-order valence-electron chi connectivity index (χ2n) is 6.76. The summed E-state index contributed by atoms with van der Waals surface area (Å²) in [7, 11) is 0. The van der Waals surface area contributed by atoms with Gasteiger partial charge in [-0.25, -0.2) is 4.99 Å². The lowest BCUT2D eigenvalue weighted by Gasteiger charge is -2.13. The van der Waals surface area contributed by atoms with Crippen molar-refractivity contribution in [3.05, 3.63) is 62.5 Å². The van der Waals surface area contributed by atoms with Crippen LogP contribution >= 0.6 is 43.6 Å². The molecule has 1 heterocycles. The quantitative estimate of drug-likeness (QED) is 0.506. The molecule has 7 heteroatoms. The minimum absolute atomic E-state index is 0.0605. The van der Waals surface area contributed by atoms with Crippen molar-refractivity contribution in [3.63, 3.8) is 0 Å². The number of hydrogen-bond donors (Lipinski definition) is 1. The van der Waals surface area contributed by atoms with Gasteiger partial charge in [0.25, 0.3) is 0 Å². The lowest BCUT2D eigenvalue weighted by Crippen LogP contribution is -2.17. The van der Waals surface area contributed by atoms with Crippen molar-refractivity contribution in [2.24, 2.45) is 9.98 Å². The SMILES string of the molecule is CCC1(C)N=C(SCC(=O)Nc2ccc(Br)c(C)c2)C(c2ccc(Br)cc2)=N1. The second-order valence-corrected chi connectivity index (χ2v) is 9.49. The topological polar surface area (TPSA) is 53.8 Å². The Morgan fingerprint density at radius 3 is 2.50 bits per heavy atom. The number of thioether (sulfide) groups is 1. The zero-order valence-corrected chi connectivity index (χ0v) is 19.9. The molecule has 0 aromatic heterocycles. The molecular weight excluding hydrogens is 502 g/mol. The summed E-state index contributed by atoms with van der Waals surface area (Å²) in [5.41, 5.74) is 3.27. The number of aliphatic imine (C=N–C) groups is 2. The second kappa shape index (κ2) is 8.93. The molecule has 1 amide bonds. The zero-order valence-electron chi connectivity index (χ0n) is 15.9. The summed E-state index contributed by atoms with van der Waals surface area (Å²) < 4.78 is 2.04. The third kappa shape index (κ3) is 5.13. The molecule has 3 rings (SSSR count). The molecule has 0 saturated heterocycles. The highest BCUT2D eigenvalue weighted by molar-refractivity contribution is 9.10. The van der Waals surface area contributed by atoms with E-state index in [1.165, 1.54) is 11.8 Å². The molecule has 0 fully saturated rings. The van der Waals surface area contributed by atoms with Crippen molar-refractivity contribution in [2.75, 3.05) is 11.1 Å². The van der Waals surface area contributed by atoms with Crippen molar-refractivity contribution in [2.45, 2.75) is 32.9 Å². The number of aryl methyl sites for hydroxylation is 1. The maximum Gasteiger partial charge on any atom is 0.234 e. The Labute approximate surface area is 186 Å². The van der Waals surface area contributed by atoms with E-state index in [-0.39, 0.29) is 11.7 Å². The molecule has 2 aromatic carbocycles. The van der Waals surface area contributed by atoms with Crippen LogP contribution in [0.25, 0.3) is 0 Å². The fourth-order valence-corrected chi connectivity index (χ4v) is 4.11. The van der Waals surface area contributed by atoms with Crippen LogP contribution in [0.4, 0.5) is 5.69 Å².